The number of hydrogen-bond acceptors (Lipinski definition) is 0. The topological polar surface area (TPSA) is 14.3 Å². The highest BCUT2D eigenvalue weighted by Gasteiger charge is 2.22. The van der Waals surface area contributed by atoms with E-state index in [4.69, 9.17) is 0 Å². The molecule has 0 aliphatic heterocycles. The Morgan fingerprint density at radius 3 is 1.45 bits per heavy atom. The summed E-state index contributed by atoms with van der Waals surface area (Å²) < 4.78 is 7.38. The van der Waals surface area contributed by atoms with Gasteiger partial charge in [0.2, 0.25) is 0 Å². The standard InChI is InChI=1S/C48H29N3/c1-2-13-31(14-3-1)49-42-21-8-4-15-34(42)38-26-25-30(27-46(38)49)33-19-12-20-39-35-16-5-9-22-43(35)50(47(33)39)32-28-40-36-17-6-10-23-44(36)51-45-24-11-7-18-37(45)41(29-32)48(40)51/h1-29H. The average Bonchev–Trinajstić information content (AvgIpc) is 3.92. The van der Waals surface area contributed by atoms with Gasteiger partial charge in [0.25, 0.3) is 0 Å². The minimum atomic E-state index is 1.17. The van der Waals surface area contributed by atoms with Gasteiger partial charge in [-0.15, -0.1) is 0 Å². The molecule has 0 spiro atoms. The van der Waals surface area contributed by atoms with Crippen LogP contribution in [-0.4, -0.2) is 13.5 Å². The second-order valence-electron chi connectivity index (χ2n) is 13.7. The summed E-state index contributed by atoms with van der Waals surface area (Å²) in [7, 11) is 0. The zero-order valence-electron chi connectivity index (χ0n) is 27.6. The normalized spacial score (nSPS) is 12.3. The molecule has 0 unspecified atom stereocenters. The number of nitrogens with zero attached hydrogens (tertiary/aromatic N) is 3. The number of aromatic nitrogens is 3. The lowest BCUT2D eigenvalue weighted by Gasteiger charge is -2.13. The summed E-state index contributed by atoms with van der Waals surface area (Å²) in [6, 6.07) is 64.7. The highest BCUT2D eigenvalue weighted by Crippen LogP contribution is 2.44. The largest absolute Gasteiger partial charge is 0.309 e. The molecule has 0 amide bonds. The Hall–Kier alpha value is -6.84. The maximum Gasteiger partial charge on any atom is 0.0622 e. The van der Waals surface area contributed by atoms with Gasteiger partial charge in [0.1, 0.15) is 0 Å². The summed E-state index contributed by atoms with van der Waals surface area (Å²) in [4.78, 5) is 0. The molecule has 0 aliphatic carbocycles. The van der Waals surface area contributed by atoms with Crippen molar-refractivity contribution in [2.75, 3.05) is 0 Å². The molecule has 0 bridgehead atoms. The number of hydrogen-bond donors (Lipinski definition) is 0. The molecule has 12 aromatic rings. The van der Waals surface area contributed by atoms with Crippen LogP contribution in [0, 0.1) is 0 Å². The van der Waals surface area contributed by atoms with Gasteiger partial charge in [-0.3, -0.25) is 0 Å². The summed E-state index contributed by atoms with van der Waals surface area (Å²) in [5.41, 5.74) is 13.4. The minimum absolute atomic E-state index is 1.17. The molecular formula is C48H29N3. The fourth-order valence-corrected chi connectivity index (χ4v) is 9.08. The van der Waals surface area contributed by atoms with Crippen molar-refractivity contribution in [3.05, 3.63) is 176 Å². The molecule has 0 N–H and O–H groups in total. The minimum Gasteiger partial charge on any atom is -0.309 e. The van der Waals surface area contributed by atoms with E-state index in [2.05, 4.69) is 189 Å². The van der Waals surface area contributed by atoms with Gasteiger partial charge < -0.3 is 13.5 Å². The van der Waals surface area contributed by atoms with Crippen molar-refractivity contribution in [1.82, 2.24) is 13.5 Å². The molecule has 0 saturated heterocycles. The first-order valence-corrected chi connectivity index (χ1v) is 17.6. The van der Waals surface area contributed by atoms with Crippen LogP contribution in [0.5, 0.6) is 0 Å². The lowest BCUT2D eigenvalue weighted by molar-refractivity contribution is 1.18. The third-order valence-electron chi connectivity index (χ3n) is 11.1. The summed E-state index contributed by atoms with van der Waals surface area (Å²) in [5.74, 6) is 0. The van der Waals surface area contributed by atoms with Crippen molar-refractivity contribution in [1.29, 1.82) is 0 Å². The lowest BCUT2D eigenvalue weighted by atomic mass is 10.00. The van der Waals surface area contributed by atoms with E-state index >= 15 is 0 Å². The predicted octanol–water partition coefficient (Wildman–Crippen LogP) is 12.7. The summed E-state index contributed by atoms with van der Waals surface area (Å²) in [5, 5.41) is 10.2. The van der Waals surface area contributed by atoms with Crippen LogP contribution in [0.25, 0.3) is 104 Å². The van der Waals surface area contributed by atoms with Crippen molar-refractivity contribution in [3.63, 3.8) is 0 Å². The van der Waals surface area contributed by atoms with Gasteiger partial charge in [-0.1, -0.05) is 121 Å². The van der Waals surface area contributed by atoms with Gasteiger partial charge >= 0.3 is 0 Å². The van der Waals surface area contributed by atoms with Crippen molar-refractivity contribution in [2.45, 2.75) is 0 Å². The van der Waals surface area contributed by atoms with Crippen molar-refractivity contribution >= 4 is 81.7 Å². The molecule has 0 saturated carbocycles. The van der Waals surface area contributed by atoms with Crippen LogP contribution in [0.4, 0.5) is 0 Å². The number of rotatable bonds is 3. The molecule has 0 atom stereocenters. The monoisotopic (exact) mass is 647 g/mol. The Kier molecular flexibility index (Phi) is 5.23. The highest BCUT2D eigenvalue weighted by molar-refractivity contribution is 6.24. The van der Waals surface area contributed by atoms with Crippen LogP contribution in [0.3, 0.4) is 0 Å². The maximum absolute atomic E-state index is 2.51. The van der Waals surface area contributed by atoms with Crippen LogP contribution in [0.15, 0.2) is 176 Å². The van der Waals surface area contributed by atoms with E-state index in [0.29, 0.717) is 0 Å². The first-order chi connectivity index (χ1) is 25.3. The van der Waals surface area contributed by atoms with E-state index < -0.39 is 0 Å². The number of para-hydroxylation sites is 6. The van der Waals surface area contributed by atoms with Crippen LogP contribution in [-0.2, 0) is 0 Å². The van der Waals surface area contributed by atoms with Crippen molar-refractivity contribution in [3.8, 4) is 22.5 Å². The van der Waals surface area contributed by atoms with Crippen LogP contribution < -0.4 is 0 Å². The molecule has 51 heavy (non-hydrogen) atoms. The Bertz CT molecular complexity index is 3270. The van der Waals surface area contributed by atoms with Gasteiger partial charge in [0.15, 0.2) is 0 Å². The second kappa shape index (κ2) is 9.87. The summed E-state index contributed by atoms with van der Waals surface area (Å²) >= 11 is 0. The SMILES string of the molecule is c1ccc(-n2c3ccccc3c3ccc(-c4cccc5c6ccccc6n(-c6cc7c8ccccc8n8c9ccccc9c(c6)c78)c45)cc32)cc1. The van der Waals surface area contributed by atoms with Gasteiger partial charge in [-0.25, -0.2) is 0 Å². The fourth-order valence-electron chi connectivity index (χ4n) is 9.08. The van der Waals surface area contributed by atoms with Gasteiger partial charge in [0.05, 0.1) is 38.6 Å². The van der Waals surface area contributed by atoms with E-state index in [-0.39, 0.29) is 0 Å². The predicted molar refractivity (Wildman–Crippen MR) is 215 cm³/mol. The smallest absolute Gasteiger partial charge is 0.0622 e. The molecule has 236 valence electrons. The van der Waals surface area contributed by atoms with E-state index in [1.807, 2.05) is 0 Å². The third kappa shape index (κ3) is 3.52. The van der Waals surface area contributed by atoms with E-state index in [9.17, 15) is 0 Å². The van der Waals surface area contributed by atoms with E-state index in [1.165, 1.54) is 104 Å². The first kappa shape index (κ1) is 27.0. The summed E-state index contributed by atoms with van der Waals surface area (Å²) in [6.45, 7) is 0. The highest BCUT2D eigenvalue weighted by atomic mass is 15.0. The Balaban J connectivity index is 1.21. The Morgan fingerprint density at radius 1 is 0.275 bits per heavy atom. The van der Waals surface area contributed by atoms with Gasteiger partial charge in [-0.2, -0.15) is 0 Å². The molecule has 0 radical (unpaired) electrons. The van der Waals surface area contributed by atoms with Gasteiger partial charge in [0, 0.05) is 60.0 Å². The van der Waals surface area contributed by atoms with Gasteiger partial charge in [-0.05, 0) is 60.2 Å². The van der Waals surface area contributed by atoms with Crippen molar-refractivity contribution < 1.29 is 0 Å². The second-order valence-corrected chi connectivity index (χ2v) is 13.7. The lowest BCUT2D eigenvalue weighted by Crippen LogP contribution is -1.96. The quantitative estimate of drug-likeness (QED) is 0.181. The molecule has 12 rings (SSSR count). The van der Waals surface area contributed by atoms with Crippen LogP contribution >= 0.6 is 0 Å². The summed E-state index contributed by atoms with van der Waals surface area (Å²) in [6.07, 6.45) is 0. The first-order valence-electron chi connectivity index (χ1n) is 17.6. The number of benzene rings is 8. The molecule has 0 aliphatic rings. The zero-order chi connectivity index (χ0) is 33.2. The molecule has 4 aromatic heterocycles. The average molecular weight is 648 g/mol. The molecule has 3 heteroatoms. The maximum atomic E-state index is 2.51. The van der Waals surface area contributed by atoms with Crippen LogP contribution in [0.2, 0.25) is 0 Å². The van der Waals surface area contributed by atoms with Crippen molar-refractivity contribution in [2.24, 2.45) is 0 Å². The van der Waals surface area contributed by atoms with Crippen LogP contribution in [0.1, 0.15) is 0 Å². The third-order valence-corrected chi connectivity index (χ3v) is 11.1. The zero-order valence-corrected chi connectivity index (χ0v) is 27.6. The molecule has 8 aromatic carbocycles. The Morgan fingerprint density at radius 2 is 0.784 bits per heavy atom. The molecular weight excluding hydrogens is 619 g/mol. The molecule has 4 heterocycles. The van der Waals surface area contributed by atoms with E-state index in [1.54, 1.807) is 0 Å². The van der Waals surface area contributed by atoms with E-state index in [0.717, 1.165) is 0 Å². The molecule has 3 nitrogen and oxygen atoms in total. The fraction of sp³-hybridized carbons (Fsp3) is 0. The Labute approximate surface area is 292 Å². The molecule has 0 fully saturated rings. The number of fused-ring (bicyclic) bond motifs is 12.